The fourth-order valence-electron chi connectivity index (χ4n) is 3.81. The molecule has 3 aromatic rings. The molecule has 7 nitrogen and oxygen atoms in total. The minimum absolute atomic E-state index is 0.00132. The van der Waals surface area contributed by atoms with Gasteiger partial charge >= 0.3 is 0 Å². The molecule has 0 radical (unpaired) electrons. The van der Waals surface area contributed by atoms with Gasteiger partial charge < -0.3 is 10.2 Å². The van der Waals surface area contributed by atoms with Gasteiger partial charge in [0.1, 0.15) is 12.6 Å². The summed E-state index contributed by atoms with van der Waals surface area (Å²) in [5, 5.41) is 3.14. The van der Waals surface area contributed by atoms with Gasteiger partial charge in [-0.2, -0.15) is 0 Å². The summed E-state index contributed by atoms with van der Waals surface area (Å²) in [6.45, 7) is 3.47. The van der Waals surface area contributed by atoms with E-state index in [0.717, 1.165) is 9.87 Å². The molecule has 0 aliphatic rings. The van der Waals surface area contributed by atoms with Crippen LogP contribution in [0.15, 0.2) is 83.8 Å². The van der Waals surface area contributed by atoms with E-state index in [-0.39, 0.29) is 28.1 Å². The van der Waals surface area contributed by atoms with E-state index in [1.807, 2.05) is 30.3 Å². The van der Waals surface area contributed by atoms with E-state index in [1.54, 1.807) is 32.0 Å². The molecule has 0 fully saturated rings. The lowest BCUT2D eigenvalue weighted by molar-refractivity contribution is -0.138. The van der Waals surface area contributed by atoms with Gasteiger partial charge in [0.15, 0.2) is 0 Å². The third-order valence-electron chi connectivity index (χ3n) is 5.79. The molecule has 0 unspecified atom stereocenters. The lowest BCUT2D eigenvalue weighted by Crippen LogP contribution is -2.52. The highest BCUT2D eigenvalue weighted by Gasteiger charge is 2.33. The molecule has 196 valence electrons. The van der Waals surface area contributed by atoms with E-state index in [4.69, 9.17) is 23.2 Å². The monoisotopic (exact) mass is 561 g/mol. The molecule has 0 aliphatic heterocycles. The molecule has 0 spiro atoms. The third-order valence-corrected chi connectivity index (χ3v) is 8.10. The third kappa shape index (κ3) is 7.25. The van der Waals surface area contributed by atoms with E-state index in [1.165, 1.54) is 35.2 Å². The second-order valence-electron chi connectivity index (χ2n) is 8.31. The standard InChI is InChI=1S/C27H29Cl2N3O4S/c1-3-30-27(34)20(2)31(17-16-21-10-6-4-7-11-21)26(33)19-32(25-15-14-22(28)18-24(25)29)37(35,36)23-12-8-5-9-13-23/h4-15,18,20H,3,16-17,19H2,1-2H3,(H,30,34)/t20-/m0/s1. The van der Waals surface area contributed by atoms with Crippen molar-refractivity contribution in [2.75, 3.05) is 23.9 Å². The maximum atomic E-state index is 13.7. The van der Waals surface area contributed by atoms with Crippen molar-refractivity contribution in [1.82, 2.24) is 10.2 Å². The van der Waals surface area contributed by atoms with E-state index < -0.39 is 28.5 Å². The molecule has 1 atom stereocenters. The minimum atomic E-state index is -4.18. The quantitative estimate of drug-likeness (QED) is 0.364. The van der Waals surface area contributed by atoms with Crippen LogP contribution in [0.2, 0.25) is 10.0 Å². The Bertz CT molecular complexity index is 1320. The Morgan fingerprint density at radius 1 is 0.946 bits per heavy atom. The Morgan fingerprint density at radius 2 is 1.57 bits per heavy atom. The Labute approximate surface area is 228 Å². The molecule has 0 aliphatic carbocycles. The van der Waals surface area contributed by atoms with Gasteiger partial charge in [-0.15, -0.1) is 0 Å². The molecule has 3 aromatic carbocycles. The van der Waals surface area contributed by atoms with Crippen LogP contribution in [-0.4, -0.2) is 50.8 Å². The molecule has 0 heterocycles. The van der Waals surface area contributed by atoms with Crippen LogP contribution < -0.4 is 9.62 Å². The number of likely N-dealkylation sites (N-methyl/N-ethyl adjacent to an activating group) is 1. The molecular weight excluding hydrogens is 533 g/mol. The first-order valence-corrected chi connectivity index (χ1v) is 14.0. The van der Waals surface area contributed by atoms with Crippen molar-refractivity contribution >= 4 is 50.7 Å². The number of carbonyl (C=O) groups is 2. The molecule has 0 bridgehead atoms. The van der Waals surface area contributed by atoms with Crippen molar-refractivity contribution in [1.29, 1.82) is 0 Å². The van der Waals surface area contributed by atoms with Crippen molar-refractivity contribution in [3.8, 4) is 0 Å². The number of sulfonamides is 1. The first kappa shape index (κ1) is 28.5. The van der Waals surface area contributed by atoms with Gasteiger partial charge in [-0.1, -0.05) is 71.7 Å². The molecule has 10 heteroatoms. The number of rotatable bonds is 11. The minimum Gasteiger partial charge on any atom is -0.355 e. The zero-order chi connectivity index (χ0) is 27.0. The summed E-state index contributed by atoms with van der Waals surface area (Å²) in [6.07, 6.45) is 0.490. The van der Waals surface area contributed by atoms with Crippen LogP contribution in [0, 0.1) is 0 Å². The van der Waals surface area contributed by atoms with Crippen LogP contribution in [-0.2, 0) is 26.0 Å². The fraction of sp³-hybridized carbons (Fsp3) is 0.259. The van der Waals surface area contributed by atoms with E-state index in [0.29, 0.717) is 18.0 Å². The van der Waals surface area contributed by atoms with Crippen LogP contribution in [0.3, 0.4) is 0 Å². The predicted molar refractivity (Wildman–Crippen MR) is 147 cm³/mol. The molecule has 1 N–H and O–H groups in total. The van der Waals surface area contributed by atoms with Crippen LogP contribution in [0.1, 0.15) is 19.4 Å². The number of hydrogen-bond donors (Lipinski definition) is 1. The Kier molecular flexibility index (Phi) is 9.97. The number of halogens is 2. The predicted octanol–water partition coefficient (Wildman–Crippen LogP) is 4.78. The zero-order valence-corrected chi connectivity index (χ0v) is 22.9. The number of benzene rings is 3. The van der Waals surface area contributed by atoms with Gasteiger partial charge in [0.2, 0.25) is 11.8 Å². The Morgan fingerprint density at radius 3 is 2.16 bits per heavy atom. The lowest BCUT2D eigenvalue weighted by atomic mass is 10.1. The van der Waals surface area contributed by atoms with Crippen molar-refractivity contribution in [2.45, 2.75) is 31.2 Å². The topological polar surface area (TPSA) is 86.8 Å². The molecule has 0 saturated heterocycles. The average molecular weight is 563 g/mol. The van der Waals surface area contributed by atoms with E-state index in [9.17, 15) is 18.0 Å². The summed E-state index contributed by atoms with van der Waals surface area (Å²) < 4.78 is 28.4. The summed E-state index contributed by atoms with van der Waals surface area (Å²) in [4.78, 5) is 27.8. The van der Waals surface area contributed by atoms with Gasteiger partial charge in [-0.3, -0.25) is 13.9 Å². The van der Waals surface area contributed by atoms with Gasteiger partial charge in [0, 0.05) is 18.1 Å². The maximum Gasteiger partial charge on any atom is 0.264 e. The highest BCUT2D eigenvalue weighted by molar-refractivity contribution is 7.92. The number of anilines is 1. The van der Waals surface area contributed by atoms with Gasteiger partial charge in [-0.25, -0.2) is 8.42 Å². The number of nitrogens with zero attached hydrogens (tertiary/aromatic N) is 2. The van der Waals surface area contributed by atoms with Crippen molar-refractivity contribution in [3.05, 3.63) is 94.5 Å². The Hall–Kier alpha value is -3.07. The summed E-state index contributed by atoms with van der Waals surface area (Å²) in [5.74, 6) is -0.869. The highest BCUT2D eigenvalue weighted by Crippen LogP contribution is 2.32. The lowest BCUT2D eigenvalue weighted by Gasteiger charge is -2.32. The molecule has 3 rings (SSSR count). The summed E-state index contributed by atoms with van der Waals surface area (Å²) in [7, 11) is -4.18. The largest absolute Gasteiger partial charge is 0.355 e. The first-order chi connectivity index (χ1) is 17.6. The van der Waals surface area contributed by atoms with Gasteiger partial charge in [-0.05, 0) is 56.2 Å². The average Bonchev–Trinajstić information content (AvgIpc) is 2.89. The van der Waals surface area contributed by atoms with Gasteiger partial charge in [0.25, 0.3) is 10.0 Å². The molecule has 0 saturated carbocycles. The van der Waals surface area contributed by atoms with Gasteiger partial charge in [0.05, 0.1) is 15.6 Å². The highest BCUT2D eigenvalue weighted by atomic mass is 35.5. The van der Waals surface area contributed by atoms with Crippen LogP contribution >= 0.6 is 23.2 Å². The number of nitrogens with one attached hydrogen (secondary N) is 1. The maximum absolute atomic E-state index is 13.7. The van der Waals surface area contributed by atoms with Crippen LogP contribution in [0.5, 0.6) is 0 Å². The van der Waals surface area contributed by atoms with Crippen molar-refractivity contribution < 1.29 is 18.0 Å². The molecule has 0 aromatic heterocycles. The molecular formula is C27H29Cl2N3O4S. The van der Waals surface area contributed by atoms with Crippen molar-refractivity contribution in [3.63, 3.8) is 0 Å². The zero-order valence-electron chi connectivity index (χ0n) is 20.6. The van der Waals surface area contributed by atoms with Crippen LogP contribution in [0.4, 0.5) is 5.69 Å². The number of carbonyl (C=O) groups excluding carboxylic acids is 2. The van der Waals surface area contributed by atoms with Crippen LogP contribution in [0.25, 0.3) is 0 Å². The Balaban J connectivity index is 1.99. The summed E-state index contributed by atoms with van der Waals surface area (Å²) in [5.41, 5.74) is 1.09. The SMILES string of the molecule is CCNC(=O)[C@H](C)N(CCc1ccccc1)C(=O)CN(c1ccc(Cl)cc1Cl)S(=O)(=O)c1ccccc1. The van der Waals surface area contributed by atoms with E-state index in [2.05, 4.69) is 5.32 Å². The van der Waals surface area contributed by atoms with Crippen molar-refractivity contribution in [2.24, 2.45) is 0 Å². The smallest absolute Gasteiger partial charge is 0.264 e. The first-order valence-electron chi connectivity index (χ1n) is 11.8. The second kappa shape index (κ2) is 12.9. The fourth-order valence-corrected chi connectivity index (χ4v) is 5.82. The molecule has 37 heavy (non-hydrogen) atoms. The molecule has 2 amide bonds. The normalized spacial score (nSPS) is 12.0. The number of hydrogen-bond acceptors (Lipinski definition) is 4. The summed E-state index contributed by atoms with van der Waals surface area (Å²) in [6, 6.07) is 20.9. The second-order valence-corrected chi connectivity index (χ2v) is 11.0. The van der Waals surface area contributed by atoms with E-state index >= 15 is 0 Å². The summed E-state index contributed by atoms with van der Waals surface area (Å²) >= 11 is 12.4. The number of amides is 2.